The Morgan fingerprint density at radius 2 is 0.536 bits per heavy atom. The SMILES string of the molecule is CC1(C)[C@H]2N3C(C)(C)C(C)(C)[C@@H](N(C(C)(C)C2(C)C)C(C)(C)C3(C)C)C1(C)C. The number of fused-ring (bicyclic) bond motifs is 4. The molecule has 4 bridgehead atoms. The first kappa shape index (κ1) is 22.6. The van der Waals surface area contributed by atoms with Gasteiger partial charge in [-0.2, -0.15) is 0 Å². The fraction of sp³-hybridized carbons (Fsp3) is 1.00. The van der Waals surface area contributed by atoms with Crippen LogP contribution in [-0.2, 0) is 0 Å². The number of nitrogens with zero attached hydrogens (tertiary/aromatic N) is 2. The zero-order valence-corrected chi connectivity index (χ0v) is 22.0. The summed E-state index contributed by atoms with van der Waals surface area (Å²) in [6.45, 7) is 40.8. The van der Waals surface area contributed by atoms with Crippen LogP contribution in [0.3, 0.4) is 0 Å². The lowest BCUT2D eigenvalue weighted by Crippen LogP contribution is -2.73. The molecule has 2 unspecified atom stereocenters. The third-order valence-corrected chi connectivity index (χ3v) is 12.0. The van der Waals surface area contributed by atoms with Crippen LogP contribution >= 0.6 is 0 Å². The molecule has 2 nitrogen and oxygen atoms in total. The molecule has 4 aliphatic heterocycles. The molecule has 4 aliphatic rings. The first-order valence-electron chi connectivity index (χ1n) is 11.6. The van der Waals surface area contributed by atoms with Crippen molar-refractivity contribution < 1.29 is 0 Å². The normalized spacial score (nSPS) is 44.6. The summed E-state index contributed by atoms with van der Waals surface area (Å²) in [6, 6.07) is 0.956. The minimum absolute atomic E-state index is 0.0476. The topological polar surface area (TPSA) is 6.48 Å². The standard InChI is InChI=1S/C26H50N2/c1-19(2)17-21(5,6)23(9,10)28-18(20(19,3)4)22(7,8)24(11,12)27(17)25(13,14)26(28,15)16/h17-18H,1-16H3/t17-,18+. The molecule has 0 amide bonds. The minimum atomic E-state index is 0.0476. The van der Waals surface area contributed by atoms with E-state index in [1.807, 2.05) is 0 Å². The van der Waals surface area contributed by atoms with Crippen molar-refractivity contribution in [1.29, 1.82) is 0 Å². The zero-order valence-electron chi connectivity index (χ0n) is 22.0. The minimum Gasteiger partial charge on any atom is -0.287 e. The molecule has 4 saturated heterocycles. The average molecular weight is 391 g/mol. The molecule has 4 rings (SSSR count). The molecule has 0 N–H and O–H groups in total. The van der Waals surface area contributed by atoms with E-state index in [9.17, 15) is 0 Å². The first-order valence-corrected chi connectivity index (χ1v) is 11.6. The van der Waals surface area contributed by atoms with Gasteiger partial charge in [-0.05, 0) is 77.0 Å². The quantitative estimate of drug-likeness (QED) is 0.460. The van der Waals surface area contributed by atoms with Crippen molar-refractivity contribution in [1.82, 2.24) is 9.80 Å². The van der Waals surface area contributed by atoms with E-state index in [1.54, 1.807) is 0 Å². The molecule has 0 aliphatic carbocycles. The largest absolute Gasteiger partial charge is 0.287 e. The van der Waals surface area contributed by atoms with E-state index in [0.29, 0.717) is 12.1 Å². The van der Waals surface area contributed by atoms with Crippen LogP contribution < -0.4 is 0 Å². The molecule has 4 heterocycles. The maximum atomic E-state index is 3.01. The van der Waals surface area contributed by atoms with Crippen LogP contribution in [0.25, 0.3) is 0 Å². The monoisotopic (exact) mass is 390 g/mol. The highest BCUT2D eigenvalue weighted by atomic mass is 15.5. The van der Waals surface area contributed by atoms with Gasteiger partial charge in [0, 0.05) is 34.2 Å². The summed E-state index contributed by atoms with van der Waals surface area (Å²) in [7, 11) is 0. The van der Waals surface area contributed by atoms with Crippen LogP contribution in [0.15, 0.2) is 0 Å². The van der Waals surface area contributed by atoms with Crippen LogP contribution in [0, 0.1) is 21.7 Å². The second-order valence-corrected chi connectivity index (χ2v) is 14.7. The fourth-order valence-electron chi connectivity index (χ4n) is 8.37. The molecule has 0 aromatic rings. The van der Waals surface area contributed by atoms with E-state index >= 15 is 0 Å². The van der Waals surface area contributed by atoms with Gasteiger partial charge >= 0.3 is 0 Å². The fourth-order valence-corrected chi connectivity index (χ4v) is 8.37. The lowest BCUT2D eigenvalue weighted by atomic mass is 9.53. The van der Waals surface area contributed by atoms with Gasteiger partial charge in [-0.15, -0.1) is 0 Å². The van der Waals surface area contributed by atoms with Gasteiger partial charge in [0.25, 0.3) is 0 Å². The molecular weight excluding hydrogens is 340 g/mol. The van der Waals surface area contributed by atoms with Crippen molar-refractivity contribution in [3.8, 4) is 0 Å². The van der Waals surface area contributed by atoms with Gasteiger partial charge in [-0.3, -0.25) is 9.80 Å². The summed E-state index contributed by atoms with van der Waals surface area (Å²) < 4.78 is 0. The molecule has 0 aromatic carbocycles. The van der Waals surface area contributed by atoms with Crippen molar-refractivity contribution in [3.63, 3.8) is 0 Å². The van der Waals surface area contributed by atoms with E-state index in [-0.39, 0.29) is 43.8 Å². The molecule has 0 saturated carbocycles. The number of rotatable bonds is 0. The van der Waals surface area contributed by atoms with Crippen LogP contribution in [-0.4, -0.2) is 44.0 Å². The van der Waals surface area contributed by atoms with Crippen molar-refractivity contribution in [3.05, 3.63) is 0 Å². The Labute approximate surface area is 176 Å². The molecule has 4 fully saturated rings. The van der Waals surface area contributed by atoms with Gasteiger partial charge in [0.2, 0.25) is 0 Å². The Morgan fingerprint density at radius 3 is 0.750 bits per heavy atom. The number of hydrogen-bond acceptors (Lipinski definition) is 2. The molecule has 0 spiro atoms. The molecule has 0 aromatic heterocycles. The summed E-state index contributed by atoms with van der Waals surface area (Å²) in [5.41, 5.74) is 0.881. The van der Waals surface area contributed by atoms with Crippen LogP contribution in [0.1, 0.15) is 111 Å². The predicted octanol–water partition coefficient (Wildman–Crippen LogP) is 6.59. The summed E-state index contributed by atoms with van der Waals surface area (Å²) in [4.78, 5) is 6.02. The van der Waals surface area contributed by atoms with E-state index in [4.69, 9.17) is 0 Å². The maximum Gasteiger partial charge on any atom is 0.0340 e. The molecule has 28 heavy (non-hydrogen) atoms. The Morgan fingerprint density at radius 1 is 0.321 bits per heavy atom. The first-order chi connectivity index (χ1) is 12.0. The van der Waals surface area contributed by atoms with E-state index < -0.39 is 0 Å². The predicted molar refractivity (Wildman–Crippen MR) is 123 cm³/mol. The van der Waals surface area contributed by atoms with Crippen LogP contribution in [0.4, 0.5) is 0 Å². The third kappa shape index (κ3) is 1.91. The highest BCUT2D eigenvalue weighted by Crippen LogP contribution is 2.73. The highest BCUT2D eigenvalue weighted by Gasteiger charge is 2.79. The highest BCUT2D eigenvalue weighted by molar-refractivity contribution is 5.33. The lowest BCUT2D eigenvalue weighted by molar-refractivity contribution is -0.145. The number of hydrogen-bond donors (Lipinski definition) is 0. The van der Waals surface area contributed by atoms with Gasteiger partial charge in [0.15, 0.2) is 0 Å². The van der Waals surface area contributed by atoms with E-state index in [1.165, 1.54) is 0 Å². The van der Waals surface area contributed by atoms with E-state index in [2.05, 4.69) is 121 Å². The average Bonchev–Trinajstić information content (AvgIpc) is 2.52. The summed E-state index contributed by atoms with van der Waals surface area (Å²) in [6.07, 6.45) is 0. The lowest BCUT2D eigenvalue weighted by Gasteiger charge is -2.63. The Kier molecular flexibility index (Phi) is 4.07. The van der Waals surface area contributed by atoms with Crippen LogP contribution in [0.5, 0.6) is 0 Å². The summed E-state index contributed by atoms with van der Waals surface area (Å²) >= 11 is 0. The van der Waals surface area contributed by atoms with Gasteiger partial charge in [0.05, 0.1) is 0 Å². The van der Waals surface area contributed by atoms with Gasteiger partial charge < -0.3 is 0 Å². The smallest absolute Gasteiger partial charge is 0.0340 e. The summed E-state index contributed by atoms with van der Waals surface area (Å²) in [5, 5.41) is 0. The van der Waals surface area contributed by atoms with Crippen molar-refractivity contribution in [2.24, 2.45) is 21.7 Å². The third-order valence-electron chi connectivity index (χ3n) is 12.0. The Hall–Kier alpha value is -0.0800. The summed E-state index contributed by atoms with van der Waals surface area (Å²) in [5.74, 6) is 0. The maximum absolute atomic E-state index is 3.01. The molecule has 0 radical (unpaired) electrons. The van der Waals surface area contributed by atoms with E-state index in [0.717, 1.165) is 0 Å². The second-order valence-electron chi connectivity index (χ2n) is 14.7. The molecule has 4 atom stereocenters. The van der Waals surface area contributed by atoms with Gasteiger partial charge in [-0.25, -0.2) is 0 Å². The Bertz CT molecular complexity index is 511. The molecule has 2 heteroatoms. The molecular formula is C26H50N2. The second kappa shape index (κ2) is 5.04. The van der Waals surface area contributed by atoms with Crippen molar-refractivity contribution >= 4 is 0 Å². The van der Waals surface area contributed by atoms with Crippen molar-refractivity contribution in [2.75, 3.05) is 0 Å². The Balaban J connectivity index is 2.66. The van der Waals surface area contributed by atoms with Gasteiger partial charge in [-0.1, -0.05) is 55.4 Å². The van der Waals surface area contributed by atoms with Crippen molar-refractivity contribution in [2.45, 2.75) is 145 Å². The molecule has 164 valence electrons. The van der Waals surface area contributed by atoms with Gasteiger partial charge in [0.1, 0.15) is 0 Å². The van der Waals surface area contributed by atoms with Crippen LogP contribution in [0.2, 0.25) is 0 Å². The zero-order chi connectivity index (χ0) is 22.3.